The summed E-state index contributed by atoms with van der Waals surface area (Å²) in [5.74, 6) is -4.07. The van der Waals surface area contributed by atoms with Crippen LogP contribution in [0.5, 0.6) is 0 Å². The second-order valence-electron chi connectivity index (χ2n) is 2.73. The number of amides is 1. The Morgan fingerprint density at radius 3 is 1.92 bits per heavy atom. The van der Waals surface area contributed by atoms with Crippen molar-refractivity contribution in [3.63, 3.8) is 0 Å². The maximum atomic E-state index is 10.9. The molecular weight excluding hydrogens is 178 g/mol. The van der Waals surface area contributed by atoms with E-state index in [2.05, 4.69) is 0 Å². The quantitative estimate of drug-likeness (QED) is 0.577. The molecule has 0 aromatic rings. The van der Waals surface area contributed by atoms with E-state index in [1.165, 1.54) is 0 Å². The lowest BCUT2D eigenvalue weighted by Gasteiger charge is -2.22. The molecule has 0 unspecified atom stereocenters. The Kier molecular flexibility index (Phi) is 3.90. The largest absolute Gasteiger partial charge is 0.480 e. The maximum Gasteiger partial charge on any atom is 0.394 e. The molecule has 0 aromatic heterocycles. The summed E-state index contributed by atoms with van der Waals surface area (Å²) in [5.41, 5.74) is 0. The van der Waals surface area contributed by atoms with Crippen LogP contribution in [-0.4, -0.2) is 45.5 Å². The second-order valence-corrected chi connectivity index (χ2v) is 2.73. The molecule has 0 bridgehead atoms. The van der Waals surface area contributed by atoms with Crippen molar-refractivity contribution in [2.75, 3.05) is 6.54 Å². The summed E-state index contributed by atoms with van der Waals surface area (Å²) in [7, 11) is 0. The van der Waals surface area contributed by atoms with Crippen LogP contribution in [0.25, 0.3) is 0 Å². The third kappa shape index (κ3) is 3.55. The molecule has 0 atom stereocenters. The molecule has 0 aliphatic carbocycles. The highest BCUT2D eigenvalue weighted by Crippen LogP contribution is 1.98. The van der Waals surface area contributed by atoms with E-state index in [-0.39, 0.29) is 0 Å². The number of nitrogens with zero attached hydrogens (tertiary/aromatic N) is 1. The van der Waals surface area contributed by atoms with Crippen molar-refractivity contribution in [1.29, 1.82) is 0 Å². The van der Waals surface area contributed by atoms with E-state index in [0.29, 0.717) is 0 Å². The van der Waals surface area contributed by atoms with Gasteiger partial charge in [-0.25, -0.2) is 4.79 Å². The summed E-state index contributed by atoms with van der Waals surface area (Å²) >= 11 is 0. The fourth-order valence-electron chi connectivity index (χ4n) is 0.757. The molecule has 74 valence electrons. The van der Waals surface area contributed by atoms with Crippen LogP contribution < -0.4 is 0 Å². The summed E-state index contributed by atoms with van der Waals surface area (Å²) < 4.78 is 0. The first-order valence-electron chi connectivity index (χ1n) is 3.62. The van der Waals surface area contributed by atoms with Crippen molar-refractivity contribution in [3.05, 3.63) is 0 Å². The molecule has 1 amide bonds. The highest BCUT2D eigenvalue weighted by atomic mass is 16.4. The van der Waals surface area contributed by atoms with Gasteiger partial charge < -0.3 is 15.1 Å². The number of hydrogen-bond donors (Lipinski definition) is 2. The van der Waals surface area contributed by atoms with Gasteiger partial charge in [-0.2, -0.15) is 0 Å². The van der Waals surface area contributed by atoms with Gasteiger partial charge >= 0.3 is 17.8 Å². The molecule has 0 aromatic carbocycles. The lowest BCUT2D eigenvalue weighted by Crippen LogP contribution is -2.44. The van der Waals surface area contributed by atoms with E-state index in [1.54, 1.807) is 13.8 Å². The monoisotopic (exact) mass is 189 g/mol. The number of aliphatic carboxylic acids is 2. The third-order valence-corrected chi connectivity index (χ3v) is 1.37. The van der Waals surface area contributed by atoms with Crippen LogP contribution in [0.15, 0.2) is 0 Å². The van der Waals surface area contributed by atoms with E-state index >= 15 is 0 Å². The summed E-state index contributed by atoms with van der Waals surface area (Å²) in [4.78, 5) is 32.1. The first kappa shape index (κ1) is 11.4. The Morgan fingerprint density at radius 1 is 1.23 bits per heavy atom. The van der Waals surface area contributed by atoms with Crippen LogP contribution in [0.2, 0.25) is 0 Å². The summed E-state index contributed by atoms with van der Waals surface area (Å²) in [5, 5.41) is 16.7. The minimum absolute atomic E-state index is 0.445. The Morgan fingerprint density at radius 2 is 1.69 bits per heavy atom. The van der Waals surface area contributed by atoms with Crippen LogP contribution in [0, 0.1) is 0 Å². The van der Waals surface area contributed by atoms with Crippen LogP contribution in [-0.2, 0) is 14.4 Å². The minimum atomic E-state index is -1.64. The van der Waals surface area contributed by atoms with Gasteiger partial charge in [0.15, 0.2) is 0 Å². The Balaban J connectivity index is 4.51. The average molecular weight is 189 g/mol. The smallest absolute Gasteiger partial charge is 0.394 e. The van der Waals surface area contributed by atoms with Gasteiger partial charge in [-0.1, -0.05) is 0 Å². The van der Waals surface area contributed by atoms with Crippen molar-refractivity contribution in [1.82, 2.24) is 4.90 Å². The second kappa shape index (κ2) is 4.44. The molecule has 0 heterocycles. The Hall–Kier alpha value is -1.59. The topological polar surface area (TPSA) is 94.9 Å². The van der Waals surface area contributed by atoms with Crippen LogP contribution in [0.3, 0.4) is 0 Å². The van der Waals surface area contributed by atoms with Gasteiger partial charge in [-0.05, 0) is 13.8 Å². The van der Waals surface area contributed by atoms with E-state index < -0.39 is 30.4 Å². The first-order valence-corrected chi connectivity index (χ1v) is 3.62. The van der Waals surface area contributed by atoms with E-state index in [9.17, 15) is 14.4 Å². The molecule has 0 radical (unpaired) electrons. The first-order chi connectivity index (χ1) is 5.86. The van der Waals surface area contributed by atoms with E-state index in [4.69, 9.17) is 10.2 Å². The summed E-state index contributed by atoms with van der Waals surface area (Å²) in [6, 6.07) is -0.445. The molecule has 0 spiro atoms. The number of carboxylic acids is 2. The van der Waals surface area contributed by atoms with Gasteiger partial charge in [-0.15, -0.1) is 0 Å². The molecule has 6 heteroatoms. The van der Waals surface area contributed by atoms with E-state index in [1.807, 2.05) is 0 Å². The maximum absolute atomic E-state index is 10.9. The molecule has 0 saturated heterocycles. The summed E-state index contributed by atoms with van der Waals surface area (Å²) in [6.07, 6.45) is 0. The Bertz CT molecular complexity index is 235. The number of rotatable bonds is 3. The predicted molar refractivity (Wildman–Crippen MR) is 42.1 cm³/mol. The van der Waals surface area contributed by atoms with Crippen molar-refractivity contribution >= 4 is 17.8 Å². The molecular formula is C7H11NO5. The van der Waals surface area contributed by atoms with E-state index in [0.717, 1.165) is 4.90 Å². The Labute approximate surface area is 74.8 Å². The normalized spacial score (nSPS) is 9.77. The van der Waals surface area contributed by atoms with Crippen molar-refractivity contribution < 1.29 is 24.6 Å². The molecule has 6 nitrogen and oxygen atoms in total. The minimum Gasteiger partial charge on any atom is -0.480 e. The summed E-state index contributed by atoms with van der Waals surface area (Å²) in [6.45, 7) is 2.50. The fourth-order valence-corrected chi connectivity index (χ4v) is 0.757. The molecule has 0 aliphatic rings. The highest BCUT2D eigenvalue weighted by Gasteiger charge is 2.25. The van der Waals surface area contributed by atoms with Crippen molar-refractivity contribution in [2.45, 2.75) is 19.9 Å². The lowest BCUT2D eigenvalue weighted by atomic mass is 10.3. The molecule has 0 rings (SSSR count). The van der Waals surface area contributed by atoms with Crippen LogP contribution >= 0.6 is 0 Å². The van der Waals surface area contributed by atoms with Crippen molar-refractivity contribution in [3.8, 4) is 0 Å². The lowest BCUT2D eigenvalue weighted by molar-refractivity contribution is -0.159. The number of carbonyl (C=O) groups is 3. The highest BCUT2D eigenvalue weighted by molar-refractivity contribution is 6.31. The molecule has 2 N–H and O–H groups in total. The molecule has 0 aliphatic heterocycles. The fraction of sp³-hybridized carbons (Fsp3) is 0.571. The average Bonchev–Trinajstić information content (AvgIpc) is 1.97. The zero-order valence-corrected chi connectivity index (χ0v) is 7.35. The van der Waals surface area contributed by atoms with Crippen LogP contribution in [0.4, 0.5) is 0 Å². The van der Waals surface area contributed by atoms with Crippen LogP contribution in [0.1, 0.15) is 13.8 Å². The number of carbonyl (C=O) groups excluding carboxylic acids is 1. The molecule has 0 saturated carbocycles. The van der Waals surface area contributed by atoms with Gasteiger partial charge in [0.25, 0.3) is 0 Å². The van der Waals surface area contributed by atoms with Gasteiger partial charge in [0.1, 0.15) is 6.54 Å². The van der Waals surface area contributed by atoms with Gasteiger partial charge in [-0.3, -0.25) is 9.59 Å². The molecule has 13 heavy (non-hydrogen) atoms. The predicted octanol–water partition coefficient (Wildman–Crippen LogP) is -0.607. The van der Waals surface area contributed by atoms with Gasteiger partial charge in [0.2, 0.25) is 0 Å². The SMILES string of the molecule is CC(C)N(CC(=O)O)C(=O)C(=O)O. The zero-order valence-electron chi connectivity index (χ0n) is 7.35. The number of carboxylic acid groups (broad SMARTS) is 2. The molecule has 0 fully saturated rings. The third-order valence-electron chi connectivity index (χ3n) is 1.37. The number of hydrogen-bond acceptors (Lipinski definition) is 3. The standard InChI is InChI=1S/C7H11NO5/c1-4(2)8(3-5(9)10)6(11)7(12)13/h4H,3H2,1-2H3,(H,9,10)(H,12,13). The zero-order chi connectivity index (χ0) is 10.6. The van der Waals surface area contributed by atoms with Gasteiger partial charge in [0, 0.05) is 6.04 Å². The van der Waals surface area contributed by atoms with Gasteiger partial charge in [0.05, 0.1) is 0 Å². The van der Waals surface area contributed by atoms with Crippen molar-refractivity contribution in [2.24, 2.45) is 0 Å².